The minimum absolute atomic E-state index is 0.0591. The lowest BCUT2D eigenvalue weighted by Crippen LogP contribution is -2.50. The lowest BCUT2D eigenvalue weighted by atomic mass is 10.2. The minimum Gasteiger partial charge on any atom is -0.497 e. The van der Waals surface area contributed by atoms with Crippen molar-refractivity contribution in [2.24, 2.45) is 0 Å². The van der Waals surface area contributed by atoms with Gasteiger partial charge in [-0.05, 0) is 49.8 Å². The molecular weight excluding hydrogens is 458 g/mol. The SMILES string of the molecule is COc1ccc(C=CC(=O)N2CCN(S(=O)(=O)c3ccc4c(c3)oc(=O)n4C(C)C)CC2)cc1. The van der Waals surface area contributed by atoms with E-state index in [1.165, 1.54) is 27.1 Å². The van der Waals surface area contributed by atoms with Crippen LogP contribution in [0.15, 0.2) is 62.6 Å². The van der Waals surface area contributed by atoms with Gasteiger partial charge in [0.05, 0.1) is 17.5 Å². The topological polar surface area (TPSA) is 102 Å². The van der Waals surface area contributed by atoms with Crippen LogP contribution in [0.3, 0.4) is 0 Å². The fourth-order valence-electron chi connectivity index (χ4n) is 3.95. The van der Waals surface area contributed by atoms with Gasteiger partial charge in [0.25, 0.3) is 0 Å². The zero-order chi connectivity index (χ0) is 24.5. The molecule has 1 amide bonds. The number of oxazole rings is 1. The van der Waals surface area contributed by atoms with Crippen LogP contribution in [0.4, 0.5) is 0 Å². The van der Waals surface area contributed by atoms with Crippen LogP contribution in [0.5, 0.6) is 5.75 Å². The van der Waals surface area contributed by atoms with Crippen molar-refractivity contribution in [2.45, 2.75) is 24.8 Å². The number of hydrogen-bond acceptors (Lipinski definition) is 6. The van der Waals surface area contributed by atoms with E-state index in [0.29, 0.717) is 5.52 Å². The lowest BCUT2D eigenvalue weighted by molar-refractivity contribution is -0.127. The van der Waals surface area contributed by atoms with Gasteiger partial charge in [-0.25, -0.2) is 13.2 Å². The highest BCUT2D eigenvalue weighted by Gasteiger charge is 2.30. The molecule has 0 spiro atoms. The van der Waals surface area contributed by atoms with Crippen molar-refractivity contribution in [2.75, 3.05) is 33.3 Å². The van der Waals surface area contributed by atoms with E-state index >= 15 is 0 Å². The molecule has 3 aromatic rings. The van der Waals surface area contributed by atoms with E-state index in [9.17, 15) is 18.0 Å². The van der Waals surface area contributed by atoms with Gasteiger partial charge in [-0.1, -0.05) is 12.1 Å². The second kappa shape index (κ2) is 9.47. The number of carbonyl (C=O) groups excluding carboxylic acids is 1. The minimum atomic E-state index is -3.79. The molecule has 2 heterocycles. The molecule has 0 saturated carbocycles. The van der Waals surface area contributed by atoms with Crippen LogP contribution >= 0.6 is 0 Å². The van der Waals surface area contributed by atoms with E-state index in [-0.39, 0.29) is 48.6 Å². The number of sulfonamides is 1. The van der Waals surface area contributed by atoms with E-state index in [2.05, 4.69) is 0 Å². The maximum absolute atomic E-state index is 13.2. The quantitative estimate of drug-likeness (QED) is 0.498. The third-order valence-corrected chi connectivity index (χ3v) is 7.72. The Kier molecular flexibility index (Phi) is 6.63. The van der Waals surface area contributed by atoms with Crippen LogP contribution < -0.4 is 10.5 Å². The first kappa shape index (κ1) is 23.8. The van der Waals surface area contributed by atoms with Crippen LogP contribution in [0.2, 0.25) is 0 Å². The Hall–Kier alpha value is -3.37. The monoisotopic (exact) mass is 485 g/mol. The molecule has 1 aliphatic heterocycles. The van der Waals surface area contributed by atoms with Gasteiger partial charge in [0, 0.05) is 44.4 Å². The van der Waals surface area contributed by atoms with Gasteiger partial charge in [-0.15, -0.1) is 0 Å². The molecule has 180 valence electrons. The predicted octanol–water partition coefficient (Wildman–Crippen LogP) is 2.73. The Morgan fingerprint density at radius 2 is 1.74 bits per heavy atom. The molecule has 0 aliphatic carbocycles. The van der Waals surface area contributed by atoms with Gasteiger partial charge in [-0.3, -0.25) is 9.36 Å². The first-order valence-corrected chi connectivity index (χ1v) is 12.4. The predicted molar refractivity (Wildman–Crippen MR) is 128 cm³/mol. The number of piperazine rings is 1. The summed E-state index contributed by atoms with van der Waals surface area (Å²) in [5.41, 5.74) is 1.65. The molecule has 1 saturated heterocycles. The Balaban J connectivity index is 1.43. The molecule has 0 atom stereocenters. The van der Waals surface area contributed by atoms with Crippen molar-refractivity contribution in [3.63, 3.8) is 0 Å². The van der Waals surface area contributed by atoms with E-state index in [1.54, 1.807) is 24.2 Å². The highest BCUT2D eigenvalue weighted by Crippen LogP contribution is 2.24. The van der Waals surface area contributed by atoms with Crippen molar-refractivity contribution in [1.82, 2.24) is 13.8 Å². The molecule has 9 nitrogen and oxygen atoms in total. The van der Waals surface area contributed by atoms with Crippen LogP contribution in [-0.4, -0.2) is 61.4 Å². The Labute approximate surface area is 197 Å². The van der Waals surface area contributed by atoms with Gasteiger partial charge >= 0.3 is 5.76 Å². The summed E-state index contributed by atoms with van der Waals surface area (Å²) in [6.45, 7) is 4.64. The number of ether oxygens (including phenoxy) is 1. The standard InChI is InChI=1S/C24H27N3O6S/c1-17(2)27-21-10-9-20(16-22(21)33-24(27)29)34(30,31)26-14-12-25(13-15-26)23(28)11-6-18-4-7-19(32-3)8-5-18/h4-11,16-17H,12-15H2,1-3H3. The van der Waals surface area contributed by atoms with Crippen molar-refractivity contribution in [1.29, 1.82) is 0 Å². The summed E-state index contributed by atoms with van der Waals surface area (Å²) in [5.74, 6) is 0.0417. The third kappa shape index (κ3) is 4.64. The van der Waals surface area contributed by atoms with Gasteiger partial charge in [0.15, 0.2) is 5.58 Å². The number of rotatable bonds is 6. The Morgan fingerprint density at radius 3 is 2.35 bits per heavy atom. The average molecular weight is 486 g/mol. The molecule has 0 N–H and O–H groups in total. The number of aromatic nitrogens is 1. The van der Waals surface area contributed by atoms with Crippen molar-refractivity contribution in [3.8, 4) is 5.75 Å². The Morgan fingerprint density at radius 1 is 1.06 bits per heavy atom. The van der Waals surface area contributed by atoms with Crippen LogP contribution in [0, 0.1) is 0 Å². The smallest absolute Gasteiger partial charge is 0.420 e. The molecule has 1 aliphatic rings. The summed E-state index contributed by atoms with van der Waals surface area (Å²) in [5, 5.41) is 0. The number of methoxy groups -OCH3 is 1. The second-order valence-corrected chi connectivity index (χ2v) is 10.2. The largest absolute Gasteiger partial charge is 0.497 e. The molecule has 0 bridgehead atoms. The molecule has 2 aromatic carbocycles. The van der Waals surface area contributed by atoms with Crippen LogP contribution in [0.25, 0.3) is 17.2 Å². The average Bonchev–Trinajstić information content (AvgIpc) is 3.18. The van der Waals surface area contributed by atoms with Crippen molar-refractivity contribution < 1.29 is 22.4 Å². The second-order valence-electron chi connectivity index (χ2n) is 8.30. The van der Waals surface area contributed by atoms with E-state index in [0.717, 1.165) is 11.3 Å². The summed E-state index contributed by atoms with van der Waals surface area (Å²) in [6.07, 6.45) is 3.21. The maximum Gasteiger partial charge on any atom is 0.420 e. The number of carbonyl (C=O) groups is 1. The number of nitrogens with zero attached hydrogens (tertiary/aromatic N) is 3. The lowest BCUT2D eigenvalue weighted by Gasteiger charge is -2.33. The molecule has 34 heavy (non-hydrogen) atoms. The fourth-order valence-corrected chi connectivity index (χ4v) is 5.39. The number of benzene rings is 2. The highest BCUT2D eigenvalue weighted by atomic mass is 32.2. The molecular formula is C24H27N3O6S. The maximum atomic E-state index is 13.2. The third-order valence-electron chi connectivity index (χ3n) is 5.82. The summed E-state index contributed by atoms with van der Waals surface area (Å²) in [4.78, 5) is 26.3. The summed E-state index contributed by atoms with van der Waals surface area (Å²) in [6, 6.07) is 11.7. The van der Waals surface area contributed by atoms with E-state index < -0.39 is 15.8 Å². The molecule has 1 fully saturated rings. The number of amides is 1. The zero-order valence-electron chi connectivity index (χ0n) is 19.3. The van der Waals surface area contributed by atoms with E-state index in [4.69, 9.17) is 9.15 Å². The van der Waals surface area contributed by atoms with Gasteiger partial charge < -0.3 is 14.1 Å². The summed E-state index contributed by atoms with van der Waals surface area (Å²) < 4.78 is 39.6. The van der Waals surface area contributed by atoms with Crippen LogP contribution in [-0.2, 0) is 14.8 Å². The number of hydrogen-bond donors (Lipinski definition) is 0. The van der Waals surface area contributed by atoms with Crippen molar-refractivity contribution in [3.05, 3.63) is 64.7 Å². The molecule has 1 aromatic heterocycles. The summed E-state index contributed by atoms with van der Waals surface area (Å²) in [7, 11) is -2.20. The molecule has 0 unspecified atom stereocenters. The first-order chi connectivity index (χ1) is 16.2. The summed E-state index contributed by atoms with van der Waals surface area (Å²) >= 11 is 0. The normalized spacial score (nSPS) is 15.5. The van der Waals surface area contributed by atoms with E-state index in [1.807, 2.05) is 38.1 Å². The van der Waals surface area contributed by atoms with Gasteiger partial charge in [0.2, 0.25) is 15.9 Å². The fraction of sp³-hybridized carbons (Fsp3) is 0.333. The molecule has 10 heteroatoms. The number of fused-ring (bicyclic) bond motifs is 1. The molecule has 4 rings (SSSR count). The zero-order valence-corrected chi connectivity index (χ0v) is 20.1. The first-order valence-electron chi connectivity index (χ1n) is 11.0. The van der Waals surface area contributed by atoms with Crippen LogP contribution in [0.1, 0.15) is 25.5 Å². The van der Waals surface area contributed by atoms with Gasteiger partial charge in [0.1, 0.15) is 5.75 Å². The van der Waals surface area contributed by atoms with Crippen molar-refractivity contribution >= 4 is 33.1 Å². The van der Waals surface area contributed by atoms with Gasteiger partial charge in [-0.2, -0.15) is 4.31 Å². The molecule has 0 radical (unpaired) electrons. The highest BCUT2D eigenvalue weighted by molar-refractivity contribution is 7.89. The Bertz CT molecular complexity index is 1380.